The Kier molecular flexibility index (Phi) is 6.51. The Labute approximate surface area is 170 Å². The molecule has 0 saturated carbocycles. The molecule has 1 saturated heterocycles. The lowest BCUT2D eigenvalue weighted by Gasteiger charge is -2.33. The normalized spacial score (nSPS) is 17.0. The Bertz CT molecular complexity index is 947. The third-order valence-corrected chi connectivity index (χ3v) is 6.86. The predicted molar refractivity (Wildman–Crippen MR) is 107 cm³/mol. The number of nitrogens with zero attached hydrogens (tertiary/aromatic N) is 2. The Morgan fingerprint density at radius 1 is 1.10 bits per heavy atom. The highest BCUT2D eigenvalue weighted by molar-refractivity contribution is 7.89. The van der Waals surface area contributed by atoms with Gasteiger partial charge in [-0.2, -0.15) is 4.31 Å². The second kappa shape index (κ2) is 8.89. The van der Waals surface area contributed by atoms with Crippen LogP contribution in [0.2, 0.25) is 0 Å². The number of carbonyl (C=O) groups is 2. The minimum absolute atomic E-state index is 0.109. The number of Topliss-reactive ketones (excluding diaryl/α,β-unsaturated/α-hetero) is 1. The van der Waals surface area contributed by atoms with E-state index in [0.717, 1.165) is 0 Å². The molecule has 3 rings (SSSR count). The molecule has 1 aromatic carbocycles. The largest absolute Gasteiger partial charge is 0.467 e. The number of benzene rings is 1. The number of amides is 1. The summed E-state index contributed by atoms with van der Waals surface area (Å²) in [7, 11) is -3.62. The Hall–Kier alpha value is -2.49. The minimum atomic E-state index is -3.62. The quantitative estimate of drug-likeness (QED) is 0.686. The van der Waals surface area contributed by atoms with Crippen LogP contribution in [0.1, 0.15) is 36.0 Å². The van der Waals surface area contributed by atoms with E-state index in [-0.39, 0.29) is 29.2 Å². The highest BCUT2D eigenvalue weighted by Gasteiger charge is 2.29. The lowest BCUT2D eigenvalue weighted by atomic mass is 10.2. The molecule has 0 bridgehead atoms. The fourth-order valence-electron chi connectivity index (χ4n) is 3.24. The molecule has 9 heteroatoms. The van der Waals surface area contributed by atoms with Crippen LogP contribution in [0.3, 0.4) is 0 Å². The third-order valence-electron chi connectivity index (χ3n) is 4.94. The van der Waals surface area contributed by atoms with Gasteiger partial charge in [-0.1, -0.05) is 12.1 Å². The molecule has 2 heterocycles. The van der Waals surface area contributed by atoms with Gasteiger partial charge >= 0.3 is 0 Å². The first-order valence-corrected chi connectivity index (χ1v) is 10.9. The number of hydrogen-bond acceptors (Lipinski definition) is 6. The average molecular weight is 420 g/mol. The van der Waals surface area contributed by atoms with Gasteiger partial charge in [0.25, 0.3) is 0 Å². The number of hydrogen-bond donors (Lipinski definition) is 1. The number of nitrogens with one attached hydrogen (secondary N) is 1. The molecular weight excluding hydrogens is 394 g/mol. The van der Waals surface area contributed by atoms with Gasteiger partial charge < -0.3 is 9.73 Å². The van der Waals surface area contributed by atoms with Gasteiger partial charge in [0.05, 0.1) is 23.7 Å². The van der Waals surface area contributed by atoms with Gasteiger partial charge in [0.1, 0.15) is 5.76 Å². The molecule has 1 aromatic heterocycles. The summed E-state index contributed by atoms with van der Waals surface area (Å²) in [5.41, 5.74) is 0.476. The zero-order valence-corrected chi connectivity index (χ0v) is 17.3. The SMILES string of the molecule is CC(=O)c1ccc(S(=O)(=O)N2CCN(CC(=O)N[C@@H](C)c3ccco3)CC2)cc1. The van der Waals surface area contributed by atoms with Gasteiger partial charge in [0, 0.05) is 31.7 Å². The summed E-state index contributed by atoms with van der Waals surface area (Å²) in [6.45, 7) is 5.02. The van der Waals surface area contributed by atoms with E-state index in [1.54, 1.807) is 18.4 Å². The van der Waals surface area contributed by atoms with Crippen molar-refractivity contribution in [2.75, 3.05) is 32.7 Å². The molecule has 1 amide bonds. The Balaban J connectivity index is 1.52. The van der Waals surface area contributed by atoms with Crippen molar-refractivity contribution in [3.05, 3.63) is 54.0 Å². The van der Waals surface area contributed by atoms with Gasteiger partial charge in [-0.15, -0.1) is 0 Å². The summed E-state index contributed by atoms with van der Waals surface area (Å²) in [5.74, 6) is 0.442. The van der Waals surface area contributed by atoms with E-state index in [9.17, 15) is 18.0 Å². The van der Waals surface area contributed by atoms with E-state index in [4.69, 9.17) is 4.42 Å². The highest BCUT2D eigenvalue weighted by atomic mass is 32.2. The highest BCUT2D eigenvalue weighted by Crippen LogP contribution is 2.19. The van der Waals surface area contributed by atoms with Gasteiger partial charge in [-0.3, -0.25) is 14.5 Å². The number of rotatable bonds is 7. The number of ketones is 1. The van der Waals surface area contributed by atoms with Crippen LogP contribution < -0.4 is 5.32 Å². The van der Waals surface area contributed by atoms with Crippen LogP contribution in [0, 0.1) is 0 Å². The maximum Gasteiger partial charge on any atom is 0.243 e. The molecule has 0 unspecified atom stereocenters. The van der Waals surface area contributed by atoms with E-state index in [1.807, 2.05) is 11.8 Å². The number of sulfonamides is 1. The Morgan fingerprint density at radius 2 is 1.76 bits per heavy atom. The lowest BCUT2D eigenvalue weighted by Crippen LogP contribution is -2.51. The number of piperazine rings is 1. The second-order valence-corrected chi connectivity index (χ2v) is 9.00. The summed E-state index contributed by atoms with van der Waals surface area (Å²) < 4.78 is 32.3. The molecule has 1 fully saturated rings. The summed E-state index contributed by atoms with van der Waals surface area (Å²) in [4.78, 5) is 25.7. The number of carbonyl (C=O) groups excluding carboxylic acids is 2. The van der Waals surface area contributed by atoms with Crippen molar-refractivity contribution in [3.63, 3.8) is 0 Å². The maximum atomic E-state index is 12.8. The first-order chi connectivity index (χ1) is 13.8. The van der Waals surface area contributed by atoms with Crippen molar-refractivity contribution >= 4 is 21.7 Å². The summed E-state index contributed by atoms with van der Waals surface area (Å²) in [6.07, 6.45) is 1.56. The van der Waals surface area contributed by atoms with E-state index >= 15 is 0 Å². The van der Waals surface area contributed by atoms with Crippen LogP contribution in [0.5, 0.6) is 0 Å². The monoisotopic (exact) mass is 419 g/mol. The first kappa shape index (κ1) is 21.2. The standard InChI is InChI=1S/C20H25N3O5S/c1-15(19-4-3-13-28-19)21-20(25)14-22-9-11-23(12-10-22)29(26,27)18-7-5-17(6-8-18)16(2)24/h3-8,13,15H,9-12,14H2,1-2H3,(H,21,25)/t15-/m0/s1. The van der Waals surface area contributed by atoms with Crippen LogP contribution >= 0.6 is 0 Å². The van der Waals surface area contributed by atoms with Gasteiger partial charge in [0.15, 0.2) is 5.78 Å². The molecule has 0 radical (unpaired) electrons. The van der Waals surface area contributed by atoms with Gasteiger partial charge in [0.2, 0.25) is 15.9 Å². The van der Waals surface area contributed by atoms with Crippen LogP contribution in [0.25, 0.3) is 0 Å². The van der Waals surface area contributed by atoms with Crippen molar-refractivity contribution in [2.24, 2.45) is 0 Å². The molecule has 1 aliphatic rings. The molecule has 1 atom stereocenters. The molecule has 156 valence electrons. The van der Waals surface area contributed by atoms with Crippen molar-refractivity contribution in [3.8, 4) is 0 Å². The molecule has 0 aliphatic carbocycles. The van der Waals surface area contributed by atoms with E-state index < -0.39 is 10.0 Å². The summed E-state index contributed by atoms with van der Waals surface area (Å²) in [6, 6.07) is 9.32. The molecule has 0 spiro atoms. The van der Waals surface area contributed by atoms with Gasteiger partial charge in [-0.25, -0.2) is 8.42 Å². The fraction of sp³-hybridized carbons (Fsp3) is 0.400. The summed E-state index contributed by atoms with van der Waals surface area (Å²) >= 11 is 0. The van der Waals surface area contributed by atoms with Crippen molar-refractivity contribution < 1.29 is 22.4 Å². The van der Waals surface area contributed by atoms with Crippen molar-refractivity contribution in [1.82, 2.24) is 14.5 Å². The van der Waals surface area contributed by atoms with Crippen LogP contribution in [0.15, 0.2) is 52.0 Å². The minimum Gasteiger partial charge on any atom is -0.467 e. The molecule has 29 heavy (non-hydrogen) atoms. The zero-order valence-electron chi connectivity index (χ0n) is 16.5. The van der Waals surface area contributed by atoms with E-state index in [0.29, 0.717) is 37.5 Å². The van der Waals surface area contributed by atoms with Gasteiger partial charge in [-0.05, 0) is 38.1 Å². The van der Waals surface area contributed by atoms with Crippen LogP contribution in [-0.4, -0.2) is 62.0 Å². The molecule has 2 aromatic rings. The van der Waals surface area contributed by atoms with Crippen LogP contribution in [0.4, 0.5) is 0 Å². The third kappa shape index (κ3) is 5.11. The smallest absolute Gasteiger partial charge is 0.243 e. The molecule has 8 nitrogen and oxygen atoms in total. The molecular formula is C20H25N3O5S. The summed E-state index contributed by atoms with van der Waals surface area (Å²) in [5, 5.41) is 2.88. The maximum absolute atomic E-state index is 12.8. The topological polar surface area (TPSA) is 99.9 Å². The Morgan fingerprint density at radius 3 is 2.31 bits per heavy atom. The first-order valence-electron chi connectivity index (χ1n) is 9.43. The van der Waals surface area contributed by atoms with E-state index in [1.165, 1.54) is 35.5 Å². The van der Waals surface area contributed by atoms with E-state index in [2.05, 4.69) is 5.32 Å². The second-order valence-electron chi connectivity index (χ2n) is 7.07. The van der Waals surface area contributed by atoms with Crippen LogP contribution in [-0.2, 0) is 14.8 Å². The predicted octanol–water partition coefficient (Wildman–Crippen LogP) is 1.67. The molecule has 1 aliphatic heterocycles. The number of furan rings is 1. The van der Waals surface area contributed by atoms with Crippen molar-refractivity contribution in [1.29, 1.82) is 0 Å². The lowest BCUT2D eigenvalue weighted by molar-refractivity contribution is -0.123. The molecule has 1 N–H and O–H groups in total. The zero-order chi connectivity index (χ0) is 21.0. The van der Waals surface area contributed by atoms with Crippen molar-refractivity contribution in [2.45, 2.75) is 24.8 Å². The fourth-order valence-corrected chi connectivity index (χ4v) is 4.66. The average Bonchev–Trinajstić information content (AvgIpc) is 3.23.